The number of halogens is 5. The summed E-state index contributed by atoms with van der Waals surface area (Å²) in [5.41, 5.74) is 0.500. The zero-order valence-corrected chi connectivity index (χ0v) is 10.1. The van der Waals surface area contributed by atoms with Gasteiger partial charge in [-0.1, -0.05) is 6.07 Å². The van der Waals surface area contributed by atoms with Crippen LogP contribution < -0.4 is 5.32 Å². The van der Waals surface area contributed by atoms with Crippen molar-refractivity contribution in [1.82, 2.24) is 5.32 Å². The van der Waals surface area contributed by atoms with E-state index in [1.54, 1.807) is 6.07 Å². The predicted molar refractivity (Wildman–Crippen MR) is 57.9 cm³/mol. The molecule has 1 aromatic rings. The number of nitrogens with one attached hydrogen (secondary N) is 1. The highest BCUT2D eigenvalue weighted by Gasteiger charge is 2.37. The summed E-state index contributed by atoms with van der Waals surface area (Å²) >= 11 is 2.96. The van der Waals surface area contributed by atoms with Gasteiger partial charge in [0.15, 0.2) is 6.10 Å². The quantitative estimate of drug-likeness (QED) is 0.837. The van der Waals surface area contributed by atoms with E-state index in [-0.39, 0.29) is 11.0 Å². The summed E-state index contributed by atoms with van der Waals surface area (Å²) in [6.07, 6.45) is -7.05. The fraction of sp³-hybridized carbons (Fsp3) is 0.400. The van der Waals surface area contributed by atoms with Crippen LogP contribution in [-0.2, 0) is 6.54 Å². The molecule has 0 spiro atoms. The van der Waals surface area contributed by atoms with E-state index in [9.17, 15) is 17.6 Å². The Morgan fingerprint density at radius 2 is 2.00 bits per heavy atom. The molecule has 0 aromatic heterocycles. The van der Waals surface area contributed by atoms with Crippen molar-refractivity contribution in [2.75, 3.05) is 6.54 Å². The third-order valence-corrected chi connectivity index (χ3v) is 2.67. The first-order valence-electron chi connectivity index (χ1n) is 4.70. The Bertz CT molecular complexity index is 383. The topological polar surface area (TPSA) is 32.3 Å². The third-order valence-electron chi connectivity index (χ3n) is 2.03. The minimum Gasteiger partial charge on any atom is -0.382 e. The Hall–Kier alpha value is -0.660. The van der Waals surface area contributed by atoms with Gasteiger partial charge in [0.05, 0.1) is 4.47 Å². The highest BCUT2D eigenvalue weighted by molar-refractivity contribution is 9.10. The Morgan fingerprint density at radius 1 is 1.35 bits per heavy atom. The van der Waals surface area contributed by atoms with Gasteiger partial charge in [-0.05, 0) is 33.6 Å². The average molecular weight is 316 g/mol. The second-order valence-corrected chi connectivity index (χ2v) is 4.29. The van der Waals surface area contributed by atoms with Crippen LogP contribution in [0.15, 0.2) is 22.7 Å². The first kappa shape index (κ1) is 14.4. The number of aliphatic hydroxyl groups is 1. The molecule has 0 aliphatic heterocycles. The van der Waals surface area contributed by atoms with Gasteiger partial charge in [0.2, 0.25) is 0 Å². The second kappa shape index (κ2) is 5.79. The molecule has 96 valence electrons. The van der Waals surface area contributed by atoms with Crippen LogP contribution >= 0.6 is 15.9 Å². The number of benzene rings is 1. The molecular formula is C10H10BrF4NO. The van der Waals surface area contributed by atoms with Gasteiger partial charge >= 0.3 is 6.18 Å². The molecule has 2 nitrogen and oxygen atoms in total. The van der Waals surface area contributed by atoms with Crippen molar-refractivity contribution >= 4 is 15.9 Å². The van der Waals surface area contributed by atoms with Crippen molar-refractivity contribution in [1.29, 1.82) is 0 Å². The third kappa shape index (κ3) is 4.61. The summed E-state index contributed by atoms with van der Waals surface area (Å²) in [7, 11) is 0. The van der Waals surface area contributed by atoms with Gasteiger partial charge in [-0.2, -0.15) is 13.2 Å². The summed E-state index contributed by atoms with van der Waals surface area (Å²) in [4.78, 5) is 0. The number of hydrogen-bond acceptors (Lipinski definition) is 2. The van der Waals surface area contributed by atoms with Crippen molar-refractivity contribution < 1.29 is 22.7 Å². The van der Waals surface area contributed by atoms with Gasteiger partial charge < -0.3 is 10.4 Å². The fourth-order valence-corrected chi connectivity index (χ4v) is 1.37. The van der Waals surface area contributed by atoms with E-state index >= 15 is 0 Å². The minimum atomic E-state index is -4.64. The monoisotopic (exact) mass is 315 g/mol. The molecule has 0 radical (unpaired) electrons. The molecule has 0 saturated carbocycles. The Balaban J connectivity index is 2.44. The van der Waals surface area contributed by atoms with Crippen molar-refractivity contribution in [3.05, 3.63) is 34.1 Å². The Kier molecular flexibility index (Phi) is 4.91. The number of aliphatic hydroxyl groups excluding tert-OH is 1. The molecule has 0 aliphatic rings. The molecular weight excluding hydrogens is 306 g/mol. The summed E-state index contributed by atoms with van der Waals surface area (Å²) < 4.78 is 49.1. The number of hydrogen-bond donors (Lipinski definition) is 2. The number of alkyl halides is 3. The molecule has 0 saturated heterocycles. The van der Waals surface area contributed by atoms with E-state index in [1.165, 1.54) is 12.1 Å². The van der Waals surface area contributed by atoms with E-state index in [1.807, 2.05) is 0 Å². The SMILES string of the molecule is OC(CNCc1ccc(Br)c(F)c1)C(F)(F)F. The van der Waals surface area contributed by atoms with Gasteiger partial charge in [0.25, 0.3) is 0 Å². The molecule has 0 fully saturated rings. The van der Waals surface area contributed by atoms with E-state index in [0.29, 0.717) is 5.56 Å². The largest absolute Gasteiger partial charge is 0.415 e. The summed E-state index contributed by atoms with van der Waals surface area (Å²) in [5.74, 6) is -0.485. The summed E-state index contributed by atoms with van der Waals surface area (Å²) in [5, 5.41) is 11.1. The van der Waals surface area contributed by atoms with Gasteiger partial charge in [-0.25, -0.2) is 4.39 Å². The molecule has 17 heavy (non-hydrogen) atoms. The molecule has 1 unspecified atom stereocenters. The van der Waals surface area contributed by atoms with Gasteiger partial charge in [0, 0.05) is 13.1 Å². The van der Waals surface area contributed by atoms with Crippen LogP contribution in [0.2, 0.25) is 0 Å². The molecule has 7 heteroatoms. The van der Waals surface area contributed by atoms with Crippen LogP contribution in [0.5, 0.6) is 0 Å². The molecule has 1 rings (SSSR count). The standard InChI is InChI=1S/C10H10BrF4NO/c11-7-2-1-6(3-8(7)12)4-16-5-9(17)10(13,14)15/h1-3,9,16-17H,4-5H2. The van der Waals surface area contributed by atoms with Crippen LogP contribution in [0.1, 0.15) is 5.56 Å². The maximum Gasteiger partial charge on any atom is 0.415 e. The van der Waals surface area contributed by atoms with Crippen LogP contribution in [0.3, 0.4) is 0 Å². The molecule has 0 aliphatic carbocycles. The normalized spacial score (nSPS) is 13.8. The first-order valence-corrected chi connectivity index (χ1v) is 5.49. The van der Waals surface area contributed by atoms with E-state index in [4.69, 9.17) is 5.11 Å². The fourth-order valence-electron chi connectivity index (χ4n) is 1.12. The maximum absolute atomic E-state index is 13.1. The second-order valence-electron chi connectivity index (χ2n) is 3.44. The zero-order chi connectivity index (χ0) is 13.1. The molecule has 0 heterocycles. The average Bonchev–Trinajstić information content (AvgIpc) is 2.22. The highest BCUT2D eigenvalue weighted by Crippen LogP contribution is 2.19. The number of rotatable bonds is 4. The zero-order valence-electron chi connectivity index (χ0n) is 8.56. The van der Waals surface area contributed by atoms with Crippen molar-refractivity contribution in [3.8, 4) is 0 Å². The van der Waals surface area contributed by atoms with Crippen LogP contribution in [0, 0.1) is 5.82 Å². The lowest BCUT2D eigenvalue weighted by molar-refractivity contribution is -0.201. The Morgan fingerprint density at radius 3 is 2.53 bits per heavy atom. The van der Waals surface area contributed by atoms with Gasteiger partial charge in [-0.3, -0.25) is 0 Å². The summed E-state index contributed by atoms with van der Waals surface area (Å²) in [6.45, 7) is -0.571. The predicted octanol–water partition coefficient (Wildman–Crippen LogP) is 2.60. The lowest BCUT2D eigenvalue weighted by Gasteiger charge is -2.15. The van der Waals surface area contributed by atoms with Crippen molar-refractivity contribution in [2.24, 2.45) is 0 Å². The van der Waals surface area contributed by atoms with Crippen LogP contribution in [0.4, 0.5) is 17.6 Å². The van der Waals surface area contributed by atoms with Crippen LogP contribution in [0.25, 0.3) is 0 Å². The maximum atomic E-state index is 13.1. The van der Waals surface area contributed by atoms with Gasteiger partial charge in [-0.15, -0.1) is 0 Å². The first-order chi connectivity index (χ1) is 7.80. The van der Waals surface area contributed by atoms with Crippen molar-refractivity contribution in [2.45, 2.75) is 18.8 Å². The summed E-state index contributed by atoms with van der Waals surface area (Å²) in [6, 6.07) is 4.24. The minimum absolute atomic E-state index is 0.0529. The molecule has 0 bridgehead atoms. The molecule has 0 amide bonds. The molecule has 1 atom stereocenters. The lowest BCUT2D eigenvalue weighted by Crippen LogP contribution is -2.38. The smallest absolute Gasteiger partial charge is 0.382 e. The van der Waals surface area contributed by atoms with E-state index in [0.717, 1.165) is 0 Å². The lowest BCUT2D eigenvalue weighted by atomic mass is 10.2. The molecule has 1 aromatic carbocycles. The Labute approximate surface area is 104 Å². The highest BCUT2D eigenvalue weighted by atomic mass is 79.9. The molecule has 2 N–H and O–H groups in total. The van der Waals surface area contributed by atoms with Gasteiger partial charge in [0.1, 0.15) is 5.82 Å². The van der Waals surface area contributed by atoms with E-state index < -0.39 is 24.6 Å². The van der Waals surface area contributed by atoms with E-state index in [2.05, 4.69) is 21.2 Å². The van der Waals surface area contributed by atoms with Crippen molar-refractivity contribution in [3.63, 3.8) is 0 Å². The van der Waals surface area contributed by atoms with Crippen LogP contribution in [-0.4, -0.2) is 23.9 Å².